The Labute approximate surface area is 446 Å². The minimum atomic E-state index is -1.58. The highest BCUT2D eigenvalue weighted by molar-refractivity contribution is 5.97. The summed E-state index contributed by atoms with van der Waals surface area (Å²) in [6.45, 7) is 0.0671. The molecule has 420 valence electrons. The van der Waals surface area contributed by atoms with Crippen LogP contribution in [0.1, 0.15) is 75.3 Å². The molecule has 0 bridgehead atoms. The number of aliphatic hydroxyl groups excluding tert-OH is 1. The number of carboxylic acids is 1. The van der Waals surface area contributed by atoms with Crippen molar-refractivity contribution in [2.75, 3.05) is 52.4 Å². The van der Waals surface area contributed by atoms with Crippen molar-refractivity contribution in [2.24, 2.45) is 44.6 Å². The van der Waals surface area contributed by atoms with E-state index >= 15 is 0 Å². The minimum Gasteiger partial charge on any atom is -0.480 e. The van der Waals surface area contributed by atoms with Gasteiger partial charge in [0.25, 0.3) is 0 Å². The lowest BCUT2D eigenvalue weighted by Crippen LogP contribution is -2.60. The number of rotatable bonds is 27. The average Bonchev–Trinajstić information content (AvgIpc) is 4.13. The van der Waals surface area contributed by atoms with Gasteiger partial charge in [0.2, 0.25) is 47.3 Å². The number of carbonyl (C=O) groups excluding carboxylic acids is 8. The van der Waals surface area contributed by atoms with Crippen LogP contribution in [0, 0.1) is 5.92 Å². The Balaban J connectivity index is 1.18. The van der Waals surface area contributed by atoms with Crippen molar-refractivity contribution in [1.29, 1.82) is 0 Å². The number of carbonyl (C=O) groups is 9. The van der Waals surface area contributed by atoms with E-state index in [1.165, 1.54) is 9.80 Å². The molecule has 26 heteroatoms. The molecule has 7 atom stereocenters. The van der Waals surface area contributed by atoms with Crippen LogP contribution in [-0.2, 0) is 56.0 Å². The first-order chi connectivity index (χ1) is 36.9. The first-order valence-corrected chi connectivity index (χ1v) is 26.0. The zero-order chi connectivity index (χ0) is 56.0. The summed E-state index contributed by atoms with van der Waals surface area (Å²) in [5, 5.41) is 33.3. The summed E-state index contributed by atoms with van der Waals surface area (Å²) in [6.07, 6.45) is 3.26. The third-order valence-electron chi connectivity index (χ3n) is 13.7. The quantitative estimate of drug-likeness (QED) is 0.0232. The fourth-order valence-corrected chi connectivity index (χ4v) is 9.67. The van der Waals surface area contributed by atoms with Crippen LogP contribution in [0.3, 0.4) is 0 Å². The van der Waals surface area contributed by atoms with Crippen LogP contribution in [0.15, 0.2) is 70.6 Å². The second-order valence-electron chi connectivity index (χ2n) is 19.4. The van der Waals surface area contributed by atoms with Crippen molar-refractivity contribution >= 4 is 65.1 Å². The van der Waals surface area contributed by atoms with Crippen molar-refractivity contribution < 1.29 is 53.4 Å². The molecule has 26 nitrogen and oxygen atoms in total. The molecule has 3 saturated heterocycles. The molecule has 3 aliphatic rings. The van der Waals surface area contributed by atoms with Crippen LogP contribution < -0.4 is 55.3 Å². The summed E-state index contributed by atoms with van der Waals surface area (Å²) in [5.74, 6) is -6.87. The standard InChI is InChI=1S/C51H75N15O11/c52-34(15-7-21-57-50(53)54)47(74)64-25-19-33(20-26-64)46(73)65-23-9-17-39(65)44(71)59-29-41(68)60-36(27-31-11-3-1-4-12-31)42(69)63-38(30-67)48(75)66-24-10-18-40(66)45(72)62-37(28-32-13-5-2-6-14-32)43(70)61-35(49(76)77)16-8-22-58-51(55)56/h1-6,11-14,33-40,67H,7-10,15-30,52H2,(H,59,71)(H,60,68)(H,61,70)(H,62,72)(H,63,69)(H,76,77)(H4,53,54,57)(H4,55,56,58)/t34-,35-,36-,37-,38-,39-,40-/m0/s1. The van der Waals surface area contributed by atoms with Gasteiger partial charge in [-0.05, 0) is 75.3 Å². The van der Waals surface area contributed by atoms with Gasteiger partial charge in [-0.1, -0.05) is 60.7 Å². The predicted molar refractivity (Wildman–Crippen MR) is 282 cm³/mol. The van der Waals surface area contributed by atoms with Crippen molar-refractivity contribution in [1.82, 2.24) is 41.3 Å². The number of nitrogens with two attached hydrogens (primary N) is 5. The van der Waals surface area contributed by atoms with Crippen LogP contribution in [0.25, 0.3) is 0 Å². The van der Waals surface area contributed by atoms with E-state index in [9.17, 15) is 53.4 Å². The number of hydrogen-bond donors (Lipinski definition) is 12. The minimum absolute atomic E-state index is 0.0184. The Morgan fingerprint density at radius 3 is 1.64 bits per heavy atom. The molecular formula is C51H75N15O11. The van der Waals surface area contributed by atoms with E-state index in [1.54, 1.807) is 65.6 Å². The number of piperidine rings is 1. The Hall–Kier alpha value is -7.87. The number of aliphatic hydroxyl groups is 1. The molecule has 3 fully saturated rings. The summed E-state index contributed by atoms with van der Waals surface area (Å²) in [6, 6.07) is 9.13. The average molecular weight is 1070 g/mol. The SMILES string of the molecule is NC(N)=NCCC[C@H](NC(=O)[C@H](Cc1ccccc1)NC(=O)[C@@H]1CCCN1C(=O)[C@H](CO)NC(=O)[C@H](Cc1ccccc1)NC(=O)CNC(=O)[C@@H]1CCCN1C(=O)C1CCN(C(=O)[C@@H](N)CCCN=C(N)N)CC1)C(=O)O. The Morgan fingerprint density at radius 1 is 0.597 bits per heavy atom. The molecule has 0 aromatic heterocycles. The van der Waals surface area contributed by atoms with E-state index in [-0.39, 0.29) is 68.9 Å². The molecule has 3 heterocycles. The van der Waals surface area contributed by atoms with E-state index in [0.717, 1.165) is 0 Å². The number of likely N-dealkylation sites (tertiary alicyclic amines) is 3. The number of carboxylic acid groups (broad SMARTS) is 1. The van der Waals surface area contributed by atoms with Gasteiger partial charge in [-0.25, -0.2) is 4.79 Å². The fourth-order valence-electron chi connectivity index (χ4n) is 9.67. The smallest absolute Gasteiger partial charge is 0.326 e. The topological polar surface area (TPSA) is 419 Å². The zero-order valence-electron chi connectivity index (χ0n) is 43.2. The highest BCUT2D eigenvalue weighted by Gasteiger charge is 2.41. The maximum Gasteiger partial charge on any atom is 0.326 e. The Bertz CT molecular complexity index is 2420. The summed E-state index contributed by atoms with van der Waals surface area (Å²) >= 11 is 0. The lowest BCUT2D eigenvalue weighted by atomic mass is 9.94. The van der Waals surface area contributed by atoms with Gasteiger partial charge in [-0.15, -0.1) is 0 Å². The van der Waals surface area contributed by atoms with E-state index in [4.69, 9.17) is 28.7 Å². The van der Waals surface area contributed by atoms with Crippen molar-refractivity contribution in [3.05, 3.63) is 71.8 Å². The molecule has 0 radical (unpaired) electrons. The maximum atomic E-state index is 14.1. The van der Waals surface area contributed by atoms with Gasteiger partial charge in [0.1, 0.15) is 36.3 Å². The van der Waals surface area contributed by atoms with Crippen LogP contribution in [0.2, 0.25) is 0 Å². The molecule has 17 N–H and O–H groups in total. The molecule has 0 saturated carbocycles. The molecule has 0 unspecified atom stereocenters. The van der Waals surface area contributed by atoms with Gasteiger partial charge in [0, 0.05) is 58.0 Å². The van der Waals surface area contributed by atoms with Gasteiger partial charge < -0.3 is 80.2 Å². The Morgan fingerprint density at radius 2 is 1.10 bits per heavy atom. The third kappa shape index (κ3) is 18.4. The fraction of sp³-hybridized carbons (Fsp3) is 0.549. The number of nitrogens with zero attached hydrogens (tertiary/aromatic N) is 5. The van der Waals surface area contributed by atoms with E-state index in [0.29, 0.717) is 82.3 Å². The second-order valence-corrected chi connectivity index (χ2v) is 19.4. The van der Waals surface area contributed by atoms with Gasteiger partial charge in [0.15, 0.2) is 11.9 Å². The molecule has 2 aromatic rings. The molecule has 3 aliphatic heterocycles. The molecule has 0 aliphatic carbocycles. The highest BCUT2D eigenvalue weighted by atomic mass is 16.4. The van der Waals surface area contributed by atoms with Crippen molar-refractivity contribution in [3.8, 4) is 0 Å². The number of aliphatic carboxylic acids is 1. The maximum absolute atomic E-state index is 14.1. The van der Waals surface area contributed by atoms with Crippen molar-refractivity contribution in [3.63, 3.8) is 0 Å². The molecule has 8 amide bonds. The molecule has 2 aromatic carbocycles. The van der Waals surface area contributed by atoms with E-state index < -0.39 is 103 Å². The predicted octanol–water partition coefficient (Wildman–Crippen LogP) is -3.74. The summed E-state index contributed by atoms with van der Waals surface area (Å²) in [5.41, 5.74) is 28.9. The number of benzene rings is 2. The molecule has 5 rings (SSSR count). The molecule has 77 heavy (non-hydrogen) atoms. The van der Waals surface area contributed by atoms with E-state index in [1.807, 2.05) is 0 Å². The number of amides is 8. The third-order valence-corrected chi connectivity index (χ3v) is 13.7. The van der Waals surface area contributed by atoms with Crippen LogP contribution >= 0.6 is 0 Å². The van der Waals surface area contributed by atoms with Gasteiger partial charge in [-0.2, -0.15) is 0 Å². The monoisotopic (exact) mass is 1070 g/mol. The van der Waals surface area contributed by atoms with Gasteiger partial charge in [-0.3, -0.25) is 48.3 Å². The first kappa shape index (κ1) is 60.0. The molecular weight excluding hydrogens is 999 g/mol. The van der Waals surface area contributed by atoms with Gasteiger partial charge in [0.05, 0.1) is 19.2 Å². The largest absolute Gasteiger partial charge is 0.480 e. The number of guanidine groups is 2. The van der Waals surface area contributed by atoms with Crippen LogP contribution in [0.5, 0.6) is 0 Å². The number of hydrogen-bond acceptors (Lipinski definition) is 13. The number of aliphatic imine (C=N–C) groups is 2. The summed E-state index contributed by atoms with van der Waals surface area (Å²) < 4.78 is 0. The lowest BCUT2D eigenvalue weighted by molar-refractivity contribution is -0.145. The van der Waals surface area contributed by atoms with Crippen LogP contribution in [0.4, 0.5) is 0 Å². The van der Waals surface area contributed by atoms with E-state index in [2.05, 4.69) is 36.6 Å². The Kier molecular flexibility index (Phi) is 23.4. The van der Waals surface area contributed by atoms with Crippen molar-refractivity contribution in [2.45, 2.75) is 119 Å². The van der Waals surface area contributed by atoms with Crippen LogP contribution in [-0.4, -0.2) is 185 Å². The lowest BCUT2D eigenvalue weighted by Gasteiger charge is -2.35. The summed E-state index contributed by atoms with van der Waals surface area (Å²) in [4.78, 5) is 134. The highest BCUT2D eigenvalue weighted by Crippen LogP contribution is 2.26. The first-order valence-electron chi connectivity index (χ1n) is 26.0. The zero-order valence-corrected chi connectivity index (χ0v) is 43.2. The number of nitrogens with one attached hydrogen (secondary N) is 5. The second kappa shape index (κ2) is 30.0. The van der Waals surface area contributed by atoms with Gasteiger partial charge >= 0.3 is 5.97 Å². The molecule has 0 spiro atoms. The normalized spacial score (nSPS) is 18.3. The summed E-state index contributed by atoms with van der Waals surface area (Å²) in [7, 11) is 0.